The molecule has 1 fully saturated rings. The maximum Gasteiger partial charge on any atom is 0.416 e. The molecule has 0 bridgehead atoms. The van der Waals surface area contributed by atoms with E-state index in [9.17, 15) is 22.4 Å². The standard InChI is InChI=1S/C19H15F4N3OS/c20-14-4-5-15-16(11-14)28-18(24-15)26-8-6-25(7-9-26)17(27)12-2-1-3-13(10-12)19(21,22)23/h1-5,10-11H,6-9H2. The number of fused-ring (bicyclic) bond motifs is 1. The molecule has 1 aliphatic rings. The predicted octanol–water partition coefficient (Wildman–Crippen LogP) is 4.42. The highest BCUT2D eigenvalue weighted by molar-refractivity contribution is 7.22. The molecule has 4 rings (SSSR count). The SMILES string of the molecule is O=C(c1cccc(C(F)(F)F)c1)N1CCN(c2nc3ccc(F)cc3s2)CC1. The molecule has 2 aromatic carbocycles. The molecule has 1 saturated heterocycles. The molecule has 3 aromatic rings. The number of alkyl halides is 3. The van der Waals surface area contributed by atoms with Gasteiger partial charge in [0.25, 0.3) is 5.91 Å². The summed E-state index contributed by atoms with van der Waals surface area (Å²) in [6, 6.07) is 8.89. The molecule has 0 radical (unpaired) electrons. The lowest BCUT2D eigenvalue weighted by molar-refractivity contribution is -0.137. The topological polar surface area (TPSA) is 36.4 Å². The van der Waals surface area contributed by atoms with Crippen molar-refractivity contribution < 1.29 is 22.4 Å². The largest absolute Gasteiger partial charge is 0.416 e. The Labute approximate surface area is 162 Å². The van der Waals surface area contributed by atoms with E-state index < -0.39 is 17.6 Å². The summed E-state index contributed by atoms with van der Waals surface area (Å²) in [5, 5.41) is 0.742. The molecule has 4 nitrogen and oxygen atoms in total. The lowest BCUT2D eigenvalue weighted by Crippen LogP contribution is -2.48. The Morgan fingerprint density at radius 3 is 2.50 bits per heavy atom. The maximum atomic E-state index is 13.3. The van der Waals surface area contributed by atoms with Crippen LogP contribution in [0.4, 0.5) is 22.7 Å². The van der Waals surface area contributed by atoms with Gasteiger partial charge in [0.1, 0.15) is 5.82 Å². The third-order valence-electron chi connectivity index (χ3n) is 4.61. The minimum absolute atomic E-state index is 0.0266. The zero-order chi connectivity index (χ0) is 19.9. The summed E-state index contributed by atoms with van der Waals surface area (Å²) in [4.78, 5) is 20.6. The van der Waals surface area contributed by atoms with Gasteiger partial charge >= 0.3 is 6.18 Å². The van der Waals surface area contributed by atoms with Crippen molar-refractivity contribution in [2.45, 2.75) is 6.18 Å². The van der Waals surface area contributed by atoms with Crippen LogP contribution in [0.2, 0.25) is 0 Å². The van der Waals surface area contributed by atoms with E-state index in [1.165, 1.54) is 35.6 Å². The van der Waals surface area contributed by atoms with E-state index >= 15 is 0 Å². The molecule has 0 N–H and O–H groups in total. The van der Waals surface area contributed by atoms with Crippen LogP contribution < -0.4 is 4.90 Å². The summed E-state index contributed by atoms with van der Waals surface area (Å²) in [5.41, 5.74) is -0.0960. The van der Waals surface area contributed by atoms with Crippen LogP contribution in [0, 0.1) is 5.82 Å². The molecule has 9 heteroatoms. The first-order valence-corrected chi connectivity index (χ1v) is 9.40. The van der Waals surface area contributed by atoms with E-state index in [0.717, 1.165) is 22.0 Å². The van der Waals surface area contributed by atoms with Crippen molar-refractivity contribution in [1.29, 1.82) is 0 Å². The second-order valence-electron chi connectivity index (χ2n) is 6.47. The van der Waals surface area contributed by atoms with Gasteiger partial charge in [-0.05, 0) is 36.4 Å². The van der Waals surface area contributed by atoms with E-state index in [1.807, 2.05) is 4.90 Å². The smallest absolute Gasteiger partial charge is 0.345 e. The Hall–Kier alpha value is -2.68. The summed E-state index contributed by atoms with van der Waals surface area (Å²) in [5.74, 6) is -0.740. The second-order valence-corrected chi connectivity index (χ2v) is 7.48. The number of carbonyl (C=O) groups is 1. The molecule has 1 amide bonds. The Balaban J connectivity index is 1.45. The van der Waals surface area contributed by atoms with Crippen LogP contribution in [-0.2, 0) is 6.18 Å². The second kappa shape index (κ2) is 7.05. The molecule has 0 atom stereocenters. The lowest BCUT2D eigenvalue weighted by Gasteiger charge is -2.34. The number of thiazole rings is 1. The van der Waals surface area contributed by atoms with E-state index in [4.69, 9.17) is 0 Å². The van der Waals surface area contributed by atoms with Crippen LogP contribution in [-0.4, -0.2) is 42.0 Å². The average Bonchev–Trinajstić information content (AvgIpc) is 3.10. The molecule has 1 aromatic heterocycles. The number of halogens is 4. The van der Waals surface area contributed by atoms with Crippen molar-refractivity contribution in [2.75, 3.05) is 31.1 Å². The number of aromatic nitrogens is 1. The van der Waals surface area contributed by atoms with Crippen molar-refractivity contribution in [2.24, 2.45) is 0 Å². The Kier molecular flexibility index (Phi) is 4.70. The highest BCUT2D eigenvalue weighted by atomic mass is 32.1. The number of piperazine rings is 1. The van der Waals surface area contributed by atoms with Gasteiger partial charge in [0.05, 0.1) is 15.8 Å². The molecule has 28 heavy (non-hydrogen) atoms. The molecule has 2 heterocycles. The Morgan fingerprint density at radius 1 is 1.04 bits per heavy atom. The van der Waals surface area contributed by atoms with Gasteiger partial charge in [-0.1, -0.05) is 17.4 Å². The van der Waals surface area contributed by atoms with Gasteiger partial charge in [0.15, 0.2) is 5.13 Å². The van der Waals surface area contributed by atoms with E-state index in [0.29, 0.717) is 31.7 Å². The fourth-order valence-electron chi connectivity index (χ4n) is 3.13. The highest BCUT2D eigenvalue weighted by Gasteiger charge is 2.32. The van der Waals surface area contributed by atoms with Crippen LogP contribution in [0.5, 0.6) is 0 Å². The number of anilines is 1. The minimum atomic E-state index is -4.48. The van der Waals surface area contributed by atoms with Gasteiger partial charge in [-0.3, -0.25) is 4.79 Å². The van der Waals surface area contributed by atoms with E-state index in [2.05, 4.69) is 4.98 Å². The van der Waals surface area contributed by atoms with Gasteiger partial charge in [0.2, 0.25) is 0 Å². The highest BCUT2D eigenvalue weighted by Crippen LogP contribution is 2.31. The fraction of sp³-hybridized carbons (Fsp3) is 0.263. The number of rotatable bonds is 2. The molecule has 146 valence electrons. The van der Waals surface area contributed by atoms with Crippen LogP contribution >= 0.6 is 11.3 Å². The molecular formula is C19H15F4N3OS. The average molecular weight is 409 g/mol. The first kappa shape index (κ1) is 18.7. The Morgan fingerprint density at radius 2 is 1.79 bits per heavy atom. The first-order valence-electron chi connectivity index (χ1n) is 8.59. The third kappa shape index (κ3) is 3.66. The number of amides is 1. The zero-order valence-corrected chi connectivity index (χ0v) is 15.4. The summed E-state index contributed by atoms with van der Waals surface area (Å²) in [6.45, 7) is 1.76. The van der Waals surface area contributed by atoms with Crippen molar-refractivity contribution in [3.63, 3.8) is 0 Å². The van der Waals surface area contributed by atoms with Crippen molar-refractivity contribution >= 4 is 32.6 Å². The molecule has 0 unspecified atom stereocenters. The molecule has 1 aliphatic heterocycles. The van der Waals surface area contributed by atoms with Gasteiger partial charge in [-0.2, -0.15) is 13.2 Å². The van der Waals surface area contributed by atoms with Crippen LogP contribution in [0.15, 0.2) is 42.5 Å². The van der Waals surface area contributed by atoms with Gasteiger partial charge in [-0.15, -0.1) is 0 Å². The number of hydrogen-bond acceptors (Lipinski definition) is 4. The fourth-order valence-corrected chi connectivity index (χ4v) is 4.18. The molecule has 0 spiro atoms. The number of carbonyl (C=O) groups excluding carboxylic acids is 1. The third-order valence-corrected chi connectivity index (χ3v) is 5.69. The van der Waals surface area contributed by atoms with Crippen LogP contribution in [0.25, 0.3) is 10.2 Å². The predicted molar refractivity (Wildman–Crippen MR) is 99.1 cm³/mol. The quantitative estimate of drug-likeness (QED) is 0.588. The summed E-state index contributed by atoms with van der Waals surface area (Å²) in [6.07, 6.45) is -4.48. The van der Waals surface area contributed by atoms with Gasteiger partial charge in [-0.25, -0.2) is 9.37 Å². The number of hydrogen-bond donors (Lipinski definition) is 0. The maximum absolute atomic E-state index is 13.3. The lowest BCUT2D eigenvalue weighted by atomic mass is 10.1. The molecular weight excluding hydrogens is 394 g/mol. The zero-order valence-electron chi connectivity index (χ0n) is 14.5. The number of nitrogens with zero attached hydrogens (tertiary/aromatic N) is 3. The van der Waals surface area contributed by atoms with Gasteiger partial charge < -0.3 is 9.80 Å². The summed E-state index contributed by atoms with van der Waals surface area (Å²) >= 11 is 1.38. The number of benzene rings is 2. The monoisotopic (exact) mass is 409 g/mol. The van der Waals surface area contributed by atoms with E-state index in [1.54, 1.807) is 11.0 Å². The molecule has 0 aliphatic carbocycles. The normalized spacial score (nSPS) is 15.3. The van der Waals surface area contributed by atoms with E-state index in [-0.39, 0.29) is 11.4 Å². The summed E-state index contributed by atoms with van der Waals surface area (Å²) in [7, 11) is 0. The summed E-state index contributed by atoms with van der Waals surface area (Å²) < 4.78 is 52.7. The van der Waals surface area contributed by atoms with Crippen molar-refractivity contribution in [3.05, 3.63) is 59.4 Å². The van der Waals surface area contributed by atoms with Crippen molar-refractivity contribution in [1.82, 2.24) is 9.88 Å². The Bertz CT molecular complexity index is 1030. The van der Waals surface area contributed by atoms with Gasteiger partial charge in [0, 0.05) is 31.7 Å². The van der Waals surface area contributed by atoms with Crippen LogP contribution in [0.3, 0.4) is 0 Å². The minimum Gasteiger partial charge on any atom is -0.345 e. The first-order chi connectivity index (χ1) is 13.3. The van der Waals surface area contributed by atoms with Crippen LogP contribution in [0.1, 0.15) is 15.9 Å². The van der Waals surface area contributed by atoms with Crippen molar-refractivity contribution in [3.8, 4) is 0 Å². The molecule has 0 saturated carbocycles.